The van der Waals surface area contributed by atoms with Crippen LogP contribution >= 0.6 is 0 Å². The van der Waals surface area contributed by atoms with Gasteiger partial charge in [0.05, 0.1) is 18.8 Å². The fourth-order valence-corrected chi connectivity index (χ4v) is 0.117. The summed E-state index contributed by atoms with van der Waals surface area (Å²) in [4.78, 5) is 9.75. The third kappa shape index (κ3) is 50.3. The van der Waals surface area contributed by atoms with E-state index in [1.165, 1.54) is 6.92 Å². The number of ether oxygens (including phenoxy) is 1. The topological polar surface area (TPSA) is 49.4 Å². The van der Waals surface area contributed by atoms with E-state index in [0.717, 1.165) is 6.26 Å². The molecule has 0 rings (SSSR count). The molecule has 60 valence electrons. The van der Waals surface area contributed by atoms with E-state index in [1.54, 1.807) is 12.5 Å². The Morgan fingerprint density at radius 2 is 2.00 bits per heavy atom. The van der Waals surface area contributed by atoms with Gasteiger partial charge in [0.2, 0.25) is 0 Å². The molecule has 0 fully saturated rings. The van der Waals surface area contributed by atoms with Crippen molar-refractivity contribution >= 4 is 17.1 Å². The second-order valence-corrected chi connectivity index (χ2v) is 3.00. The Morgan fingerprint density at radius 3 is 2.00 bits per heavy atom. The van der Waals surface area contributed by atoms with E-state index in [-0.39, 0.29) is 5.97 Å². The molecule has 0 unspecified atom stereocenters. The Hall–Kier alpha value is -0.480. The maximum absolute atomic E-state index is 9.75. The van der Waals surface area contributed by atoms with Crippen LogP contribution in [0.1, 0.15) is 6.92 Å². The number of rotatable bonds is 1. The van der Waals surface area contributed by atoms with Crippen molar-refractivity contribution < 1.29 is 14.1 Å². The van der Waals surface area contributed by atoms with Crippen molar-refractivity contribution in [3.63, 3.8) is 0 Å². The van der Waals surface area contributed by atoms with Gasteiger partial charge in [-0.3, -0.25) is 4.79 Å². The number of hydrogen-bond acceptors (Lipinski definition) is 3. The Morgan fingerprint density at radius 1 is 1.70 bits per heavy atom. The molecule has 0 radical (unpaired) electrons. The zero-order valence-electron chi connectivity index (χ0n) is 6.42. The summed E-state index contributed by atoms with van der Waals surface area (Å²) in [6, 6.07) is 0. The molecule has 0 aromatic carbocycles. The van der Waals surface area contributed by atoms with Crippen molar-refractivity contribution in [2.24, 2.45) is 0 Å². The monoisotopic (exact) mass is 164 g/mol. The summed E-state index contributed by atoms with van der Waals surface area (Å²) in [5.41, 5.74) is 0. The summed E-state index contributed by atoms with van der Waals surface area (Å²) < 4.78 is 13.7. The van der Waals surface area contributed by atoms with Crippen LogP contribution in [-0.4, -0.2) is 23.0 Å². The summed E-state index contributed by atoms with van der Waals surface area (Å²) >= 11 is -0.611. The van der Waals surface area contributed by atoms with E-state index in [9.17, 15) is 9.35 Å². The van der Waals surface area contributed by atoms with Gasteiger partial charge in [0.15, 0.2) is 0 Å². The Bertz CT molecular complexity index is 98.4. The number of esters is 1. The molecule has 0 aromatic heterocycles. The maximum atomic E-state index is 9.75. The van der Waals surface area contributed by atoms with Gasteiger partial charge in [0, 0.05) is 6.92 Å². The van der Waals surface area contributed by atoms with Crippen LogP contribution in [0.4, 0.5) is 0 Å². The number of carbonyl (C=O) groups excluding carboxylic acids is 1. The molecule has 3 nitrogen and oxygen atoms in total. The minimum Gasteiger partial charge on any atom is -0.617 e. The molecule has 0 bridgehead atoms. The molecule has 0 N–H and O–H groups in total. The SMILES string of the molecule is C=COC(C)=O.C[S+](C)[O-]. The molecule has 10 heavy (non-hydrogen) atoms. The van der Waals surface area contributed by atoms with E-state index in [4.69, 9.17) is 0 Å². The lowest BCUT2D eigenvalue weighted by atomic mass is 10.8. The minimum absolute atomic E-state index is 0.329. The van der Waals surface area contributed by atoms with Crippen molar-refractivity contribution in [3.8, 4) is 0 Å². The van der Waals surface area contributed by atoms with Gasteiger partial charge < -0.3 is 9.29 Å². The Balaban J connectivity index is 0. The number of hydrogen-bond donors (Lipinski definition) is 0. The third-order valence-corrected chi connectivity index (χ3v) is 0.249. The second-order valence-electron chi connectivity index (χ2n) is 1.52. The van der Waals surface area contributed by atoms with Crippen LogP contribution in [0, 0.1) is 0 Å². The van der Waals surface area contributed by atoms with E-state index in [0.29, 0.717) is 0 Å². The highest BCUT2D eigenvalue weighted by Crippen LogP contribution is 1.70. The minimum atomic E-state index is -0.611. The summed E-state index contributed by atoms with van der Waals surface area (Å²) in [6.45, 7) is 4.48. The van der Waals surface area contributed by atoms with Gasteiger partial charge in [-0.15, -0.1) is 0 Å². The largest absolute Gasteiger partial charge is 0.617 e. The molecule has 0 aromatic rings. The Kier molecular flexibility index (Phi) is 10.4. The standard InChI is InChI=1S/C4H6O2.C2H6OS/c1-3-6-4(2)5;1-4(2)3/h3H,1H2,2H3;1-2H3. The van der Waals surface area contributed by atoms with Gasteiger partial charge in [-0.1, -0.05) is 17.8 Å². The second kappa shape index (κ2) is 8.52. The van der Waals surface area contributed by atoms with Crippen molar-refractivity contribution in [1.82, 2.24) is 0 Å². The molecule has 0 saturated heterocycles. The first-order valence-corrected chi connectivity index (χ1v) is 4.50. The van der Waals surface area contributed by atoms with E-state index in [2.05, 4.69) is 11.3 Å². The molecule has 0 aliphatic rings. The molecule has 0 heterocycles. The third-order valence-electron chi connectivity index (χ3n) is 0.249. The van der Waals surface area contributed by atoms with Gasteiger partial charge >= 0.3 is 5.97 Å². The van der Waals surface area contributed by atoms with E-state index < -0.39 is 11.2 Å². The van der Waals surface area contributed by atoms with Gasteiger partial charge in [-0.25, -0.2) is 0 Å². The zero-order chi connectivity index (χ0) is 8.57. The smallest absolute Gasteiger partial charge is 0.307 e. The highest BCUT2D eigenvalue weighted by molar-refractivity contribution is 7.89. The van der Waals surface area contributed by atoms with Gasteiger partial charge in [0.1, 0.15) is 0 Å². The van der Waals surface area contributed by atoms with E-state index >= 15 is 0 Å². The van der Waals surface area contributed by atoms with Crippen molar-refractivity contribution in [2.45, 2.75) is 6.92 Å². The quantitative estimate of drug-likeness (QED) is 0.325. The lowest BCUT2D eigenvalue weighted by molar-refractivity contribution is -0.135. The summed E-state index contributed by atoms with van der Waals surface area (Å²) in [6.07, 6.45) is 4.38. The molecule has 0 aliphatic carbocycles. The molecule has 0 aliphatic heterocycles. The van der Waals surface area contributed by atoms with Crippen molar-refractivity contribution in [2.75, 3.05) is 12.5 Å². The van der Waals surface area contributed by atoms with Crippen LogP contribution in [0.2, 0.25) is 0 Å². The van der Waals surface area contributed by atoms with Crippen molar-refractivity contribution in [1.29, 1.82) is 0 Å². The van der Waals surface area contributed by atoms with Gasteiger partial charge in [0.25, 0.3) is 0 Å². The maximum Gasteiger partial charge on any atom is 0.307 e. The average molecular weight is 164 g/mol. The van der Waals surface area contributed by atoms with Gasteiger partial charge in [-0.05, 0) is 0 Å². The molecular weight excluding hydrogens is 152 g/mol. The van der Waals surface area contributed by atoms with Crippen LogP contribution < -0.4 is 0 Å². The fourth-order valence-electron chi connectivity index (χ4n) is 0.117. The average Bonchev–Trinajstić information content (AvgIpc) is 1.62. The number of carbonyl (C=O) groups is 1. The first-order valence-electron chi connectivity index (χ1n) is 2.54. The fraction of sp³-hybridized carbons (Fsp3) is 0.500. The summed E-state index contributed by atoms with van der Waals surface area (Å²) in [5.74, 6) is -0.329. The lowest BCUT2D eigenvalue weighted by Gasteiger charge is -1.87. The van der Waals surface area contributed by atoms with E-state index in [1.807, 2.05) is 0 Å². The first-order chi connectivity index (χ1) is 4.50. The molecule has 0 atom stereocenters. The normalized spacial score (nSPS) is 7.70. The van der Waals surface area contributed by atoms with Crippen LogP contribution in [0.5, 0.6) is 0 Å². The highest BCUT2D eigenvalue weighted by atomic mass is 32.2. The molecular formula is C6H12O3S. The van der Waals surface area contributed by atoms with Crippen LogP contribution in [0.25, 0.3) is 0 Å². The summed E-state index contributed by atoms with van der Waals surface area (Å²) in [7, 11) is 0. The first kappa shape index (κ1) is 12.2. The van der Waals surface area contributed by atoms with Crippen LogP contribution in [-0.2, 0) is 20.7 Å². The lowest BCUT2D eigenvalue weighted by Crippen LogP contribution is -1.87. The molecule has 0 spiro atoms. The predicted molar refractivity (Wildman–Crippen MR) is 42.0 cm³/mol. The van der Waals surface area contributed by atoms with Crippen LogP contribution in [0.15, 0.2) is 12.8 Å². The van der Waals surface area contributed by atoms with Crippen LogP contribution in [0.3, 0.4) is 0 Å². The molecule has 0 saturated carbocycles. The van der Waals surface area contributed by atoms with Crippen molar-refractivity contribution in [3.05, 3.63) is 12.8 Å². The zero-order valence-corrected chi connectivity index (χ0v) is 7.23. The summed E-state index contributed by atoms with van der Waals surface area (Å²) in [5, 5.41) is 0. The Labute approximate surface area is 64.2 Å². The molecule has 4 heteroatoms. The molecule has 0 amide bonds. The van der Waals surface area contributed by atoms with Gasteiger partial charge in [-0.2, -0.15) is 0 Å². The predicted octanol–water partition coefficient (Wildman–Crippen LogP) is 0.688. The highest BCUT2D eigenvalue weighted by Gasteiger charge is 1.79.